The SMILES string of the molecule is COn1cc(C(=O)O)cn1. The zero-order chi connectivity index (χ0) is 7.56. The molecule has 0 aliphatic rings. The molecule has 0 bridgehead atoms. The highest BCUT2D eigenvalue weighted by molar-refractivity contribution is 5.86. The van der Waals surface area contributed by atoms with Gasteiger partial charge in [-0.05, 0) is 0 Å². The summed E-state index contributed by atoms with van der Waals surface area (Å²) in [5, 5.41) is 12.0. The van der Waals surface area contributed by atoms with Gasteiger partial charge in [-0.25, -0.2) is 4.79 Å². The quantitative estimate of drug-likeness (QED) is 0.612. The first kappa shape index (κ1) is 6.60. The molecule has 0 spiro atoms. The Bertz CT molecular complexity index is 243. The second-order valence-electron chi connectivity index (χ2n) is 1.62. The second kappa shape index (κ2) is 2.38. The lowest BCUT2D eigenvalue weighted by molar-refractivity contribution is 0.0694. The molecule has 5 nitrogen and oxygen atoms in total. The van der Waals surface area contributed by atoms with Gasteiger partial charge in [-0.2, -0.15) is 0 Å². The Morgan fingerprint density at radius 2 is 2.60 bits per heavy atom. The first-order valence-corrected chi connectivity index (χ1v) is 2.56. The Labute approximate surface area is 56.8 Å². The summed E-state index contributed by atoms with van der Waals surface area (Å²) in [5.41, 5.74) is 0.113. The predicted molar refractivity (Wildman–Crippen MR) is 31.7 cm³/mol. The zero-order valence-corrected chi connectivity index (χ0v) is 5.31. The molecule has 1 N–H and O–H groups in total. The maximum absolute atomic E-state index is 10.2. The minimum Gasteiger partial charge on any atom is -0.478 e. The summed E-state index contributed by atoms with van der Waals surface area (Å²) in [4.78, 5) is 15.9. The van der Waals surface area contributed by atoms with Crippen LogP contribution >= 0.6 is 0 Å². The summed E-state index contributed by atoms with van der Waals surface area (Å²) in [6.07, 6.45) is 2.49. The number of nitrogens with zero attached hydrogens (tertiary/aromatic N) is 2. The summed E-state index contributed by atoms with van der Waals surface area (Å²) in [6, 6.07) is 0. The standard InChI is InChI=1S/C5H6N2O3/c1-10-7-3-4(2-6-7)5(8)9/h2-3H,1H3,(H,8,9). The molecule has 0 aliphatic heterocycles. The van der Waals surface area contributed by atoms with E-state index in [1.165, 1.54) is 19.5 Å². The van der Waals surface area contributed by atoms with E-state index in [0.29, 0.717) is 0 Å². The molecule has 0 saturated carbocycles. The molecule has 0 radical (unpaired) electrons. The maximum atomic E-state index is 10.2. The largest absolute Gasteiger partial charge is 0.478 e. The van der Waals surface area contributed by atoms with E-state index in [9.17, 15) is 4.79 Å². The minimum atomic E-state index is -1.01. The summed E-state index contributed by atoms with van der Waals surface area (Å²) in [7, 11) is 1.40. The van der Waals surface area contributed by atoms with Crippen LogP contribution in [0.25, 0.3) is 0 Å². The van der Waals surface area contributed by atoms with Gasteiger partial charge in [-0.15, -0.1) is 9.94 Å². The highest BCUT2D eigenvalue weighted by Crippen LogP contribution is 1.94. The van der Waals surface area contributed by atoms with Crippen molar-refractivity contribution in [2.75, 3.05) is 7.11 Å². The van der Waals surface area contributed by atoms with Crippen LogP contribution < -0.4 is 4.84 Å². The van der Waals surface area contributed by atoms with Crippen LogP contribution in [0.1, 0.15) is 10.4 Å². The molecule has 0 saturated heterocycles. The number of aromatic nitrogens is 2. The van der Waals surface area contributed by atoms with Gasteiger partial charge in [-0.3, -0.25) is 0 Å². The van der Waals surface area contributed by atoms with Crippen molar-refractivity contribution in [1.29, 1.82) is 0 Å². The van der Waals surface area contributed by atoms with Crippen LogP contribution in [-0.4, -0.2) is 28.1 Å². The van der Waals surface area contributed by atoms with Gasteiger partial charge in [0.25, 0.3) is 0 Å². The molecule has 1 aromatic heterocycles. The minimum absolute atomic E-state index is 0.113. The highest BCUT2D eigenvalue weighted by Gasteiger charge is 2.04. The molecule has 0 amide bonds. The van der Waals surface area contributed by atoms with Crippen molar-refractivity contribution in [3.05, 3.63) is 18.0 Å². The van der Waals surface area contributed by atoms with Crippen LogP contribution in [0.15, 0.2) is 12.4 Å². The summed E-state index contributed by atoms with van der Waals surface area (Å²) in [5.74, 6) is -1.01. The van der Waals surface area contributed by atoms with Crippen molar-refractivity contribution in [1.82, 2.24) is 9.94 Å². The van der Waals surface area contributed by atoms with Crippen molar-refractivity contribution in [2.24, 2.45) is 0 Å². The fraction of sp³-hybridized carbons (Fsp3) is 0.200. The fourth-order valence-corrected chi connectivity index (χ4v) is 0.515. The van der Waals surface area contributed by atoms with Crippen molar-refractivity contribution < 1.29 is 14.7 Å². The smallest absolute Gasteiger partial charge is 0.339 e. The van der Waals surface area contributed by atoms with Gasteiger partial charge in [0.2, 0.25) is 0 Å². The van der Waals surface area contributed by atoms with E-state index in [0.717, 1.165) is 4.85 Å². The molecular weight excluding hydrogens is 136 g/mol. The maximum Gasteiger partial charge on any atom is 0.339 e. The third-order valence-corrected chi connectivity index (χ3v) is 0.994. The van der Waals surface area contributed by atoms with E-state index in [4.69, 9.17) is 5.11 Å². The normalized spacial score (nSPS) is 9.30. The average Bonchev–Trinajstić information content (AvgIpc) is 2.34. The van der Waals surface area contributed by atoms with Crippen molar-refractivity contribution in [3.8, 4) is 0 Å². The van der Waals surface area contributed by atoms with Gasteiger partial charge >= 0.3 is 5.97 Å². The van der Waals surface area contributed by atoms with Gasteiger partial charge in [0.15, 0.2) is 0 Å². The lowest BCUT2D eigenvalue weighted by Gasteiger charge is -1.92. The first-order chi connectivity index (χ1) is 4.74. The number of hydrogen-bond donors (Lipinski definition) is 1. The Kier molecular flexibility index (Phi) is 1.57. The van der Waals surface area contributed by atoms with Crippen LogP contribution in [0.2, 0.25) is 0 Å². The van der Waals surface area contributed by atoms with Crippen LogP contribution in [0.5, 0.6) is 0 Å². The molecule has 0 fully saturated rings. The van der Waals surface area contributed by atoms with Crippen LogP contribution in [0, 0.1) is 0 Å². The molecule has 1 rings (SSSR count). The lowest BCUT2D eigenvalue weighted by Crippen LogP contribution is -2.05. The second-order valence-corrected chi connectivity index (χ2v) is 1.62. The van der Waals surface area contributed by atoms with Crippen LogP contribution in [-0.2, 0) is 0 Å². The molecule has 54 valence electrons. The topological polar surface area (TPSA) is 64.3 Å². The molecule has 0 aromatic carbocycles. The molecule has 1 heterocycles. The average molecular weight is 142 g/mol. The molecule has 0 unspecified atom stereocenters. The number of hydrogen-bond acceptors (Lipinski definition) is 3. The Balaban J connectivity index is 2.88. The summed E-state index contributed by atoms with van der Waals surface area (Å²) in [6.45, 7) is 0. The van der Waals surface area contributed by atoms with E-state index in [1.54, 1.807) is 0 Å². The number of carbonyl (C=O) groups is 1. The number of carboxylic acids is 1. The molecular formula is C5H6N2O3. The van der Waals surface area contributed by atoms with E-state index in [1.807, 2.05) is 0 Å². The van der Waals surface area contributed by atoms with E-state index in [-0.39, 0.29) is 5.56 Å². The lowest BCUT2D eigenvalue weighted by atomic mass is 10.4. The monoisotopic (exact) mass is 142 g/mol. The summed E-state index contributed by atoms with van der Waals surface area (Å²) < 4.78 is 0. The Morgan fingerprint density at radius 3 is 2.90 bits per heavy atom. The molecule has 5 heteroatoms. The number of carboxylic acid groups (broad SMARTS) is 1. The van der Waals surface area contributed by atoms with Gasteiger partial charge in [0.1, 0.15) is 12.7 Å². The summed E-state index contributed by atoms with van der Waals surface area (Å²) >= 11 is 0. The van der Waals surface area contributed by atoms with Gasteiger partial charge in [-0.1, -0.05) is 0 Å². The molecule has 10 heavy (non-hydrogen) atoms. The van der Waals surface area contributed by atoms with Gasteiger partial charge in [0.05, 0.1) is 12.4 Å². The fourth-order valence-electron chi connectivity index (χ4n) is 0.515. The van der Waals surface area contributed by atoms with Gasteiger partial charge in [0, 0.05) is 0 Å². The predicted octanol–water partition coefficient (Wildman–Crippen LogP) is -0.360. The van der Waals surface area contributed by atoms with Crippen LogP contribution in [0.3, 0.4) is 0 Å². The molecule has 0 aliphatic carbocycles. The number of rotatable bonds is 2. The molecule has 0 atom stereocenters. The highest BCUT2D eigenvalue weighted by atomic mass is 16.7. The van der Waals surface area contributed by atoms with Crippen LogP contribution in [0.4, 0.5) is 0 Å². The van der Waals surface area contributed by atoms with Crippen molar-refractivity contribution >= 4 is 5.97 Å². The molecule has 1 aromatic rings. The van der Waals surface area contributed by atoms with Crippen molar-refractivity contribution in [2.45, 2.75) is 0 Å². The zero-order valence-electron chi connectivity index (χ0n) is 5.31. The van der Waals surface area contributed by atoms with E-state index in [2.05, 4.69) is 9.94 Å². The van der Waals surface area contributed by atoms with Gasteiger partial charge < -0.3 is 9.94 Å². The number of aromatic carboxylic acids is 1. The third kappa shape index (κ3) is 1.07. The Morgan fingerprint density at radius 1 is 1.90 bits per heavy atom. The van der Waals surface area contributed by atoms with Crippen molar-refractivity contribution in [3.63, 3.8) is 0 Å². The Hall–Kier alpha value is -1.52. The van der Waals surface area contributed by atoms with E-state index >= 15 is 0 Å². The first-order valence-electron chi connectivity index (χ1n) is 2.56. The van der Waals surface area contributed by atoms with E-state index < -0.39 is 5.97 Å². The third-order valence-electron chi connectivity index (χ3n) is 0.994.